The average Bonchev–Trinajstić information content (AvgIpc) is 2.97. The monoisotopic (exact) mass is 333 g/mol. The minimum atomic E-state index is -4.29. The largest absolute Gasteiger partial charge is 0.493 e. The zero-order valence-corrected chi connectivity index (χ0v) is 13.0. The van der Waals surface area contributed by atoms with Gasteiger partial charge in [-0.2, -0.15) is 13.2 Å². The molecule has 1 aromatic carbocycles. The van der Waals surface area contributed by atoms with Gasteiger partial charge in [-0.25, -0.2) is 0 Å². The summed E-state index contributed by atoms with van der Waals surface area (Å²) in [6.07, 6.45) is 9.50. The molecule has 126 valence electrons. The van der Waals surface area contributed by atoms with Crippen LogP contribution >= 0.6 is 0 Å². The number of halogens is 3. The molecule has 1 heterocycles. The molecule has 0 spiro atoms. The molecule has 1 aliphatic heterocycles. The van der Waals surface area contributed by atoms with Gasteiger partial charge in [0.05, 0.1) is 11.8 Å². The van der Waals surface area contributed by atoms with Crippen LogP contribution in [0.1, 0.15) is 11.1 Å². The fourth-order valence-electron chi connectivity index (χ4n) is 2.73. The summed E-state index contributed by atoms with van der Waals surface area (Å²) in [5.41, 5.74) is 1.31. The van der Waals surface area contributed by atoms with Crippen molar-refractivity contribution in [1.29, 1.82) is 0 Å². The quantitative estimate of drug-likeness (QED) is 0.810. The maximum Gasteiger partial charge on any atom is 0.416 e. The van der Waals surface area contributed by atoms with Crippen molar-refractivity contribution in [3.8, 4) is 0 Å². The van der Waals surface area contributed by atoms with Crippen LogP contribution in [0.2, 0.25) is 0 Å². The molecule has 5 heteroatoms. The maximum absolute atomic E-state index is 12.5. The van der Waals surface area contributed by atoms with Crippen molar-refractivity contribution < 1.29 is 17.9 Å². The normalized spacial score (nSPS) is 22.5. The summed E-state index contributed by atoms with van der Waals surface area (Å²) in [4.78, 5) is 0. The van der Waals surface area contributed by atoms with Crippen molar-refractivity contribution >= 4 is 6.08 Å². The van der Waals surface area contributed by atoms with Crippen molar-refractivity contribution in [2.75, 3.05) is 13.1 Å². The van der Waals surface area contributed by atoms with Crippen LogP contribution in [0.3, 0.4) is 0 Å². The van der Waals surface area contributed by atoms with Crippen LogP contribution in [-0.4, -0.2) is 19.2 Å². The summed E-state index contributed by atoms with van der Waals surface area (Å²) < 4.78 is 43.0. The van der Waals surface area contributed by atoms with E-state index in [9.17, 15) is 13.2 Å². The minimum Gasteiger partial charge on any atom is -0.493 e. The Morgan fingerprint density at radius 1 is 1.08 bits per heavy atom. The minimum absolute atomic E-state index is 0.106. The van der Waals surface area contributed by atoms with E-state index >= 15 is 0 Å². The highest BCUT2D eigenvalue weighted by atomic mass is 19.4. The van der Waals surface area contributed by atoms with E-state index in [2.05, 4.69) is 11.4 Å². The highest BCUT2D eigenvalue weighted by Crippen LogP contribution is 2.30. The van der Waals surface area contributed by atoms with E-state index in [1.54, 1.807) is 6.08 Å². The van der Waals surface area contributed by atoms with Gasteiger partial charge in [0.25, 0.3) is 0 Å². The Hall–Kier alpha value is -2.27. The number of rotatable bonds is 5. The molecule has 24 heavy (non-hydrogen) atoms. The third-order valence-electron chi connectivity index (χ3n) is 4.03. The number of nitrogens with one attached hydrogen (secondary N) is 1. The van der Waals surface area contributed by atoms with Gasteiger partial charge in [-0.05, 0) is 29.3 Å². The van der Waals surface area contributed by atoms with Crippen molar-refractivity contribution in [2.24, 2.45) is 5.92 Å². The fourth-order valence-corrected chi connectivity index (χ4v) is 2.73. The topological polar surface area (TPSA) is 21.3 Å². The summed E-state index contributed by atoms with van der Waals surface area (Å²) in [7, 11) is 0. The molecule has 2 nitrogen and oxygen atoms in total. The molecule has 0 amide bonds. The smallest absolute Gasteiger partial charge is 0.416 e. The van der Waals surface area contributed by atoms with Gasteiger partial charge in [0, 0.05) is 19.0 Å². The predicted octanol–water partition coefficient (Wildman–Crippen LogP) is 4.33. The van der Waals surface area contributed by atoms with Gasteiger partial charge in [-0.3, -0.25) is 0 Å². The van der Waals surface area contributed by atoms with Crippen molar-refractivity contribution in [3.05, 3.63) is 77.6 Å². The zero-order valence-electron chi connectivity index (χ0n) is 13.0. The van der Waals surface area contributed by atoms with E-state index in [-0.39, 0.29) is 6.10 Å². The van der Waals surface area contributed by atoms with Crippen molar-refractivity contribution in [2.45, 2.75) is 12.3 Å². The Kier molecular flexibility index (Phi) is 4.90. The molecule has 2 aliphatic rings. The first-order valence-corrected chi connectivity index (χ1v) is 7.78. The first kappa shape index (κ1) is 16.6. The van der Waals surface area contributed by atoms with E-state index in [4.69, 9.17) is 4.74 Å². The molecular weight excluding hydrogens is 315 g/mol. The lowest BCUT2D eigenvalue weighted by Crippen LogP contribution is -2.23. The molecule has 0 bridgehead atoms. The summed E-state index contributed by atoms with van der Waals surface area (Å²) >= 11 is 0. The van der Waals surface area contributed by atoms with Crippen LogP contribution in [0.25, 0.3) is 6.08 Å². The molecule has 1 aliphatic carbocycles. The first-order chi connectivity index (χ1) is 11.5. The van der Waals surface area contributed by atoms with E-state index in [0.29, 0.717) is 12.5 Å². The van der Waals surface area contributed by atoms with Gasteiger partial charge in [-0.1, -0.05) is 42.5 Å². The lowest BCUT2D eigenvalue weighted by molar-refractivity contribution is -0.137. The van der Waals surface area contributed by atoms with Crippen LogP contribution in [-0.2, 0) is 10.9 Å². The number of alkyl halides is 3. The van der Waals surface area contributed by atoms with Gasteiger partial charge in [0.15, 0.2) is 0 Å². The molecule has 0 fully saturated rings. The van der Waals surface area contributed by atoms with Crippen LogP contribution < -0.4 is 5.32 Å². The maximum atomic E-state index is 12.5. The number of hydrogen-bond donors (Lipinski definition) is 1. The third-order valence-corrected chi connectivity index (χ3v) is 4.03. The molecule has 0 aromatic heterocycles. The Bertz CT molecular complexity index is 684. The van der Waals surface area contributed by atoms with Gasteiger partial charge in [0.2, 0.25) is 0 Å². The molecule has 1 aromatic rings. The summed E-state index contributed by atoms with van der Waals surface area (Å²) in [5, 5.41) is 3.29. The van der Waals surface area contributed by atoms with E-state index in [1.165, 1.54) is 17.7 Å². The van der Waals surface area contributed by atoms with Gasteiger partial charge >= 0.3 is 6.18 Å². The Morgan fingerprint density at radius 3 is 2.58 bits per heavy atom. The van der Waals surface area contributed by atoms with Gasteiger partial charge in [0.1, 0.15) is 6.10 Å². The number of ether oxygens (including phenoxy) is 1. The molecule has 3 rings (SSSR count). The lowest BCUT2D eigenvalue weighted by Gasteiger charge is -2.17. The Labute approximate surface area is 139 Å². The summed E-state index contributed by atoms with van der Waals surface area (Å²) in [5.74, 6) is 0.293. The second kappa shape index (κ2) is 7.09. The van der Waals surface area contributed by atoms with E-state index in [0.717, 1.165) is 24.2 Å². The number of benzene rings is 1. The zero-order chi connectivity index (χ0) is 17.0. The highest BCUT2D eigenvalue weighted by molar-refractivity contribution is 5.50. The third kappa shape index (κ3) is 3.97. The van der Waals surface area contributed by atoms with E-state index in [1.807, 2.05) is 30.6 Å². The van der Waals surface area contributed by atoms with E-state index < -0.39 is 11.7 Å². The van der Waals surface area contributed by atoms with Gasteiger partial charge in [-0.15, -0.1) is 0 Å². The average molecular weight is 333 g/mol. The summed E-state index contributed by atoms with van der Waals surface area (Å²) in [6.45, 7) is 1.35. The van der Waals surface area contributed by atoms with Gasteiger partial charge < -0.3 is 10.1 Å². The Morgan fingerprint density at radius 2 is 1.83 bits per heavy atom. The second-order valence-corrected chi connectivity index (χ2v) is 5.74. The van der Waals surface area contributed by atoms with Crippen LogP contribution in [0, 0.1) is 5.92 Å². The molecule has 0 radical (unpaired) electrons. The lowest BCUT2D eigenvalue weighted by atomic mass is 9.92. The number of fused-ring (bicyclic) bond motifs is 1. The fraction of sp³-hybridized carbons (Fsp3) is 0.263. The first-order valence-electron chi connectivity index (χ1n) is 7.78. The standard InChI is InChI=1S/C19H18F3NO/c20-19(21,22)16-9-7-14(8-10-16)4-3-11-23-12-15-13-24-18-6-2-1-5-17(15)18/h1-10,13,17-18,23H,11-12H2. The Balaban J connectivity index is 1.44. The second-order valence-electron chi connectivity index (χ2n) is 5.74. The van der Waals surface area contributed by atoms with Crippen LogP contribution in [0.5, 0.6) is 0 Å². The van der Waals surface area contributed by atoms with Crippen molar-refractivity contribution in [1.82, 2.24) is 5.32 Å². The number of allylic oxidation sites excluding steroid dienone is 2. The predicted molar refractivity (Wildman–Crippen MR) is 88.1 cm³/mol. The summed E-state index contributed by atoms with van der Waals surface area (Å²) in [6, 6.07) is 5.13. The molecular formula is C19H18F3NO. The highest BCUT2D eigenvalue weighted by Gasteiger charge is 2.30. The molecule has 1 N–H and O–H groups in total. The molecule has 0 saturated heterocycles. The van der Waals surface area contributed by atoms with Crippen molar-refractivity contribution in [3.63, 3.8) is 0 Å². The van der Waals surface area contributed by atoms with Crippen LogP contribution in [0.4, 0.5) is 13.2 Å². The van der Waals surface area contributed by atoms with Crippen LogP contribution in [0.15, 0.2) is 66.5 Å². The molecule has 2 unspecified atom stereocenters. The number of hydrogen-bond acceptors (Lipinski definition) is 2. The molecule has 0 saturated carbocycles. The SMILES string of the molecule is FC(F)(F)c1ccc(C=CCNCC2=COC3C=CC=CC23)cc1. The molecule has 2 atom stereocenters.